The maximum absolute atomic E-state index is 9.57. The number of thioether (sulfide) groups is 1. The van der Waals surface area contributed by atoms with E-state index in [4.69, 9.17) is 5.84 Å². The van der Waals surface area contributed by atoms with Crippen molar-refractivity contribution in [3.05, 3.63) is 11.4 Å². The first-order valence-electron chi connectivity index (χ1n) is 6.06. The van der Waals surface area contributed by atoms with Gasteiger partial charge in [-0.1, -0.05) is 20.8 Å². The molecule has 4 N–H and O–H groups in total. The van der Waals surface area contributed by atoms with Gasteiger partial charge in [-0.3, -0.25) is 0 Å². The molecule has 1 aromatic rings. The van der Waals surface area contributed by atoms with Gasteiger partial charge in [0.1, 0.15) is 16.7 Å². The number of hydrazine groups is 1. The number of aromatic nitrogens is 2. The summed E-state index contributed by atoms with van der Waals surface area (Å²) in [5, 5.41) is 10.5. The van der Waals surface area contributed by atoms with Crippen LogP contribution in [0.3, 0.4) is 0 Å². The van der Waals surface area contributed by atoms with E-state index in [2.05, 4.69) is 15.4 Å². The molecule has 1 aromatic heterocycles. The molecular formula is C12H22N4OS. The molecule has 5 nitrogen and oxygen atoms in total. The molecule has 0 aliphatic heterocycles. The first-order valence-corrected chi connectivity index (χ1v) is 6.94. The lowest BCUT2D eigenvalue weighted by Gasteiger charge is -2.17. The lowest BCUT2D eigenvalue weighted by Crippen LogP contribution is -2.17. The number of anilines is 1. The van der Waals surface area contributed by atoms with Crippen LogP contribution in [0.5, 0.6) is 0 Å². The molecule has 18 heavy (non-hydrogen) atoms. The van der Waals surface area contributed by atoms with Crippen molar-refractivity contribution < 1.29 is 5.11 Å². The zero-order valence-corrected chi connectivity index (χ0v) is 12.4. The number of aliphatic hydroxyl groups excluding tert-OH is 1. The SMILES string of the molecule is Cc1c(NN)nc(C(C)C)nc1SC(C)C(C)O. The highest BCUT2D eigenvalue weighted by Gasteiger charge is 2.17. The van der Waals surface area contributed by atoms with Crippen LogP contribution in [0.15, 0.2) is 5.03 Å². The minimum absolute atomic E-state index is 0.0734. The molecule has 0 saturated heterocycles. The Morgan fingerprint density at radius 2 is 1.83 bits per heavy atom. The lowest BCUT2D eigenvalue weighted by atomic mass is 10.2. The van der Waals surface area contributed by atoms with Crippen molar-refractivity contribution in [1.29, 1.82) is 0 Å². The van der Waals surface area contributed by atoms with Crippen LogP contribution in [0.4, 0.5) is 5.82 Å². The minimum atomic E-state index is -0.388. The average Bonchev–Trinajstić information content (AvgIpc) is 2.31. The summed E-state index contributed by atoms with van der Waals surface area (Å²) in [7, 11) is 0. The van der Waals surface area contributed by atoms with Crippen molar-refractivity contribution in [3.63, 3.8) is 0 Å². The molecule has 2 atom stereocenters. The van der Waals surface area contributed by atoms with Crippen LogP contribution in [0.1, 0.15) is 45.0 Å². The van der Waals surface area contributed by atoms with E-state index >= 15 is 0 Å². The summed E-state index contributed by atoms with van der Waals surface area (Å²) in [5.74, 6) is 7.12. The second-order valence-electron chi connectivity index (χ2n) is 4.72. The molecule has 0 aromatic carbocycles. The van der Waals surface area contributed by atoms with Crippen LogP contribution in [-0.2, 0) is 0 Å². The Hall–Kier alpha value is -0.850. The maximum atomic E-state index is 9.57. The summed E-state index contributed by atoms with van der Waals surface area (Å²) in [4.78, 5) is 8.93. The topological polar surface area (TPSA) is 84.1 Å². The summed E-state index contributed by atoms with van der Waals surface area (Å²) in [6.07, 6.45) is -0.388. The van der Waals surface area contributed by atoms with Gasteiger partial charge in [0, 0.05) is 16.7 Å². The van der Waals surface area contributed by atoms with Gasteiger partial charge in [0.25, 0.3) is 0 Å². The summed E-state index contributed by atoms with van der Waals surface area (Å²) in [5.41, 5.74) is 3.52. The fraction of sp³-hybridized carbons (Fsp3) is 0.667. The van der Waals surface area contributed by atoms with Crippen LogP contribution in [0.25, 0.3) is 0 Å². The predicted octanol–water partition coefficient (Wildman–Crippen LogP) is 2.06. The van der Waals surface area contributed by atoms with Crippen LogP contribution in [0.2, 0.25) is 0 Å². The Bertz CT molecular complexity index is 409. The van der Waals surface area contributed by atoms with Gasteiger partial charge in [-0.25, -0.2) is 15.8 Å². The fourth-order valence-electron chi connectivity index (χ4n) is 1.30. The summed E-state index contributed by atoms with van der Waals surface area (Å²) >= 11 is 1.54. The number of nitrogens with two attached hydrogens (primary N) is 1. The smallest absolute Gasteiger partial charge is 0.147 e. The number of rotatable bonds is 5. The quantitative estimate of drug-likeness (QED) is 0.329. The highest BCUT2D eigenvalue weighted by molar-refractivity contribution is 7.99. The second-order valence-corrected chi connectivity index (χ2v) is 6.09. The molecule has 0 aliphatic rings. The van der Waals surface area contributed by atoms with Crippen molar-refractivity contribution in [2.75, 3.05) is 5.43 Å². The van der Waals surface area contributed by atoms with Gasteiger partial charge in [0.15, 0.2) is 0 Å². The maximum Gasteiger partial charge on any atom is 0.147 e. The minimum Gasteiger partial charge on any atom is -0.392 e. The highest BCUT2D eigenvalue weighted by Crippen LogP contribution is 2.30. The van der Waals surface area contributed by atoms with Crippen LogP contribution in [0, 0.1) is 6.92 Å². The van der Waals surface area contributed by atoms with E-state index in [0.717, 1.165) is 16.4 Å². The van der Waals surface area contributed by atoms with Crippen molar-refractivity contribution in [2.45, 2.75) is 56.9 Å². The Morgan fingerprint density at radius 3 is 2.28 bits per heavy atom. The van der Waals surface area contributed by atoms with Gasteiger partial charge in [0.2, 0.25) is 0 Å². The van der Waals surface area contributed by atoms with Gasteiger partial charge in [-0.15, -0.1) is 11.8 Å². The van der Waals surface area contributed by atoms with Gasteiger partial charge in [-0.2, -0.15) is 0 Å². The van der Waals surface area contributed by atoms with E-state index in [9.17, 15) is 5.11 Å². The van der Waals surface area contributed by atoms with Crippen molar-refractivity contribution >= 4 is 17.6 Å². The zero-order valence-electron chi connectivity index (χ0n) is 11.6. The molecule has 2 unspecified atom stereocenters. The summed E-state index contributed by atoms with van der Waals surface area (Å²) in [6.45, 7) is 9.76. The standard InChI is InChI=1S/C12H22N4OS/c1-6(2)10-14-11(16-13)7(3)12(15-10)18-9(5)8(4)17/h6,8-9,17H,13H2,1-5H3,(H,14,15,16). The second kappa shape index (κ2) is 6.36. The van der Waals surface area contributed by atoms with E-state index in [0.29, 0.717) is 5.82 Å². The Labute approximate surface area is 113 Å². The van der Waals surface area contributed by atoms with E-state index in [1.54, 1.807) is 18.7 Å². The summed E-state index contributed by atoms with van der Waals surface area (Å²) < 4.78 is 0. The van der Waals surface area contributed by atoms with E-state index in [1.807, 2.05) is 27.7 Å². The van der Waals surface area contributed by atoms with Gasteiger partial charge in [0.05, 0.1) is 6.10 Å². The monoisotopic (exact) mass is 270 g/mol. The number of aliphatic hydroxyl groups is 1. The number of nitrogen functional groups attached to an aromatic ring is 1. The largest absolute Gasteiger partial charge is 0.392 e. The van der Waals surface area contributed by atoms with Gasteiger partial charge < -0.3 is 10.5 Å². The average molecular weight is 270 g/mol. The van der Waals surface area contributed by atoms with E-state index < -0.39 is 0 Å². The predicted molar refractivity (Wildman–Crippen MR) is 75.7 cm³/mol. The van der Waals surface area contributed by atoms with Gasteiger partial charge in [-0.05, 0) is 13.8 Å². The van der Waals surface area contributed by atoms with Crippen LogP contribution in [-0.4, -0.2) is 26.4 Å². The molecule has 102 valence electrons. The molecule has 1 rings (SSSR count). The lowest BCUT2D eigenvalue weighted by molar-refractivity contribution is 0.196. The fourth-order valence-corrected chi connectivity index (χ4v) is 2.27. The number of nitrogens with zero attached hydrogens (tertiary/aromatic N) is 2. The molecule has 0 saturated carbocycles. The number of hydrogen-bond acceptors (Lipinski definition) is 6. The Kier molecular flexibility index (Phi) is 5.37. The third-order valence-electron chi connectivity index (χ3n) is 2.75. The first-order chi connectivity index (χ1) is 8.36. The number of nitrogens with one attached hydrogen (secondary N) is 1. The van der Waals surface area contributed by atoms with Crippen LogP contribution >= 0.6 is 11.8 Å². The Balaban J connectivity index is 3.12. The first kappa shape index (κ1) is 15.2. The molecule has 0 radical (unpaired) electrons. The van der Waals surface area contributed by atoms with Crippen molar-refractivity contribution in [1.82, 2.24) is 9.97 Å². The Morgan fingerprint density at radius 1 is 1.22 bits per heavy atom. The summed E-state index contributed by atoms with van der Waals surface area (Å²) in [6, 6.07) is 0. The molecular weight excluding hydrogens is 248 g/mol. The molecule has 0 amide bonds. The zero-order chi connectivity index (χ0) is 13.9. The molecule has 0 bridgehead atoms. The van der Waals surface area contributed by atoms with E-state index in [1.165, 1.54) is 0 Å². The molecule has 6 heteroatoms. The van der Waals surface area contributed by atoms with Crippen molar-refractivity contribution in [3.8, 4) is 0 Å². The molecule has 0 fully saturated rings. The van der Waals surface area contributed by atoms with E-state index in [-0.39, 0.29) is 17.3 Å². The molecule has 0 aliphatic carbocycles. The third kappa shape index (κ3) is 3.57. The third-order valence-corrected chi connectivity index (χ3v) is 4.13. The van der Waals surface area contributed by atoms with Crippen molar-refractivity contribution in [2.24, 2.45) is 5.84 Å². The highest BCUT2D eigenvalue weighted by atomic mass is 32.2. The molecule has 0 spiro atoms. The molecule has 1 heterocycles. The van der Waals surface area contributed by atoms with Crippen LogP contribution < -0.4 is 11.3 Å². The number of hydrogen-bond donors (Lipinski definition) is 3. The normalized spacial score (nSPS) is 14.7. The van der Waals surface area contributed by atoms with Gasteiger partial charge >= 0.3 is 0 Å².